The van der Waals surface area contributed by atoms with Crippen LogP contribution in [-0.4, -0.2) is 21.2 Å². The zero-order valence-corrected chi connectivity index (χ0v) is 8.68. The number of carbonyl (C=O) groups is 1. The van der Waals surface area contributed by atoms with Crippen LogP contribution in [0.1, 0.15) is 19.3 Å². The van der Waals surface area contributed by atoms with Gasteiger partial charge < -0.3 is 10.3 Å². The van der Waals surface area contributed by atoms with Crippen molar-refractivity contribution in [1.82, 2.24) is 4.72 Å². The lowest BCUT2D eigenvalue weighted by Crippen LogP contribution is -2.47. The first-order valence-corrected chi connectivity index (χ1v) is 5.92. The van der Waals surface area contributed by atoms with Crippen LogP contribution in [0.5, 0.6) is 0 Å². The second kappa shape index (κ2) is 3.25. The molecule has 0 spiro atoms. The normalized spacial score (nSPS) is 37.4. The minimum absolute atomic E-state index is 0.0405. The first kappa shape index (κ1) is 10.0. The molecule has 0 aromatic carbocycles. The molecule has 3 atom stereocenters. The number of nitrogens with two attached hydrogens (primary N) is 1. The van der Waals surface area contributed by atoms with E-state index in [-0.39, 0.29) is 17.1 Å². The lowest BCUT2D eigenvalue weighted by molar-refractivity contribution is -0.121. The van der Waals surface area contributed by atoms with Crippen LogP contribution in [-0.2, 0) is 16.2 Å². The Balaban J connectivity index is 1.86. The van der Waals surface area contributed by atoms with Gasteiger partial charge in [-0.3, -0.25) is 4.79 Å². The molecule has 5 heteroatoms. The highest BCUT2D eigenvalue weighted by atomic mass is 32.2. The van der Waals surface area contributed by atoms with Gasteiger partial charge in [0, 0.05) is 18.8 Å². The molecule has 78 valence electrons. The summed E-state index contributed by atoms with van der Waals surface area (Å²) in [6.07, 6.45) is 4.18. The SMILES string of the molecule is C=C[C@@H]1C[C@]1(N)C(=O)N[S+]([O-])C1CC1. The molecule has 1 unspecified atom stereocenters. The molecule has 0 aromatic heterocycles. The quantitative estimate of drug-likeness (QED) is 0.504. The minimum atomic E-state index is -1.23. The molecule has 0 bridgehead atoms. The Kier molecular flexibility index (Phi) is 2.33. The van der Waals surface area contributed by atoms with Crippen LogP contribution in [0.4, 0.5) is 0 Å². The van der Waals surface area contributed by atoms with Crippen molar-refractivity contribution in [3.63, 3.8) is 0 Å². The van der Waals surface area contributed by atoms with Crippen LogP contribution in [0.2, 0.25) is 0 Å². The summed E-state index contributed by atoms with van der Waals surface area (Å²) in [5, 5.41) is 0.156. The molecule has 2 aliphatic rings. The number of carbonyl (C=O) groups excluding carboxylic acids is 1. The van der Waals surface area contributed by atoms with E-state index in [1.807, 2.05) is 0 Å². The Labute approximate surface area is 86.2 Å². The van der Waals surface area contributed by atoms with Crippen LogP contribution in [0, 0.1) is 5.92 Å². The fourth-order valence-corrected chi connectivity index (χ4v) is 2.52. The number of rotatable bonds is 4. The van der Waals surface area contributed by atoms with E-state index in [4.69, 9.17) is 5.73 Å². The molecule has 2 saturated carbocycles. The summed E-state index contributed by atoms with van der Waals surface area (Å²) < 4.78 is 13.9. The van der Waals surface area contributed by atoms with Crippen molar-refractivity contribution in [2.45, 2.75) is 30.1 Å². The lowest BCUT2D eigenvalue weighted by Gasteiger charge is -2.13. The molecule has 2 aliphatic carbocycles. The molecule has 1 amide bonds. The molecule has 0 radical (unpaired) electrons. The lowest BCUT2D eigenvalue weighted by atomic mass is 10.2. The summed E-state index contributed by atoms with van der Waals surface area (Å²) in [5.41, 5.74) is 4.96. The smallest absolute Gasteiger partial charge is 0.281 e. The summed E-state index contributed by atoms with van der Waals surface area (Å²) in [7, 11) is 0. The molecule has 0 saturated heterocycles. The molecular weight excluding hydrogens is 200 g/mol. The zero-order chi connectivity index (χ0) is 10.3. The van der Waals surface area contributed by atoms with E-state index >= 15 is 0 Å². The van der Waals surface area contributed by atoms with Gasteiger partial charge in [-0.1, -0.05) is 6.08 Å². The van der Waals surface area contributed by atoms with E-state index < -0.39 is 16.9 Å². The van der Waals surface area contributed by atoms with E-state index in [1.54, 1.807) is 6.08 Å². The highest BCUT2D eigenvalue weighted by Gasteiger charge is 2.57. The molecule has 0 aromatic rings. The Bertz CT molecular complexity index is 280. The van der Waals surface area contributed by atoms with Crippen molar-refractivity contribution >= 4 is 17.3 Å². The second-order valence-electron chi connectivity index (χ2n) is 4.01. The summed E-state index contributed by atoms with van der Waals surface area (Å²) >= 11 is -1.23. The van der Waals surface area contributed by atoms with Crippen molar-refractivity contribution in [3.05, 3.63) is 12.7 Å². The molecule has 2 fully saturated rings. The maximum atomic E-state index is 11.6. The number of hydrogen-bond donors (Lipinski definition) is 2. The van der Waals surface area contributed by atoms with Crippen LogP contribution in [0.3, 0.4) is 0 Å². The first-order valence-electron chi connectivity index (χ1n) is 4.71. The van der Waals surface area contributed by atoms with Crippen LogP contribution >= 0.6 is 0 Å². The summed E-state index contributed by atoms with van der Waals surface area (Å²) in [5.74, 6) is -0.258. The van der Waals surface area contributed by atoms with Crippen molar-refractivity contribution in [3.8, 4) is 0 Å². The van der Waals surface area contributed by atoms with Gasteiger partial charge in [-0.05, 0) is 6.42 Å². The molecule has 0 heterocycles. The first-order chi connectivity index (χ1) is 6.58. The average molecular weight is 214 g/mol. The van der Waals surface area contributed by atoms with E-state index in [2.05, 4.69) is 11.3 Å². The highest BCUT2D eigenvalue weighted by molar-refractivity contribution is 7.90. The van der Waals surface area contributed by atoms with Gasteiger partial charge in [0.15, 0.2) is 0 Å². The molecule has 2 rings (SSSR count). The Morgan fingerprint density at radius 2 is 2.36 bits per heavy atom. The molecule has 0 aliphatic heterocycles. The minimum Gasteiger partial charge on any atom is -0.593 e. The summed E-state index contributed by atoms with van der Waals surface area (Å²) in [6, 6.07) is 0. The van der Waals surface area contributed by atoms with Gasteiger partial charge >= 0.3 is 0 Å². The van der Waals surface area contributed by atoms with Gasteiger partial charge in [0.2, 0.25) is 0 Å². The van der Waals surface area contributed by atoms with Crippen molar-refractivity contribution in [2.75, 3.05) is 0 Å². The third-order valence-electron chi connectivity index (χ3n) is 2.79. The maximum absolute atomic E-state index is 11.6. The molecule has 3 N–H and O–H groups in total. The number of hydrogen-bond acceptors (Lipinski definition) is 3. The van der Waals surface area contributed by atoms with Crippen molar-refractivity contribution in [1.29, 1.82) is 0 Å². The summed E-state index contributed by atoms with van der Waals surface area (Å²) in [6.45, 7) is 3.59. The predicted molar refractivity (Wildman–Crippen MR) is 54.5 cm³/mol. The Hall–Kier alpha value is -0.520. The highest BCUT2D eigenvalue weighted by Crippen LogP contribution is 2.42. The monoisotopic (exact) mass is 214 g/mol. The standard InChI is InChI=1S/C9H14N2O2S/c1-2-6-5-9(6,10)8(12)11-14(13)7-3-4-7/h2,6-7H,1,3-5,10H2,(H,11,12)/t6-,9-,14?/m1/s1. The number of nitrogens with one attached hydrogen (secondary N) is 1. The fourth-order valence-electron chi connectivity index (χ4n) is 1.41. The van der Waals surface area contributed by atoms with Gasteiger partial charge in [-0.15, -0.1) is 6.58 Å². The summed E-state index contributed by atoms with van der Waals surface area (Å²) in [4.78, 5) is 11.6. The van der Waals surface area contributed by atoms with Crippen LogP contribution in [0.15, 0.2) is 12.7 Å². The third-order valence-corrected chi connectivity index (χ3v) is 4.25. The molecular formula is C9H14N2O2S. The predicted octanol–water partition coefficient (Wildman–Crippen LogP) is -0.168. The van der Waals surface area contributed by atoms with Gasteiger partial charge in [0.05, 0.1) is 11.4 Å². The van der Waals surface area contributed by atoms with Gasteiger partial charge in [0.25, 0.3) is 5.91 Å². The Morgan fingerprint density at radius 3 is 2.79 bits per heavy atom. The third kappa shape index (κ3) is 1.67. The van der Waals surface area contributed by atoms with Gasteiger partial charge in [-0.25, -0.2) is 0 Å². The van der Waals surface area contributed by atoms with Gasteiger partial charge in [0.1, 0.15) is 10.8 Å². The van der Waals surface area contributed by atoms with Gasteiger partial charge in [-0.2, -0.15) is 4.72 Å². The number of amides is 1. The van der Waals surface area contributed by atoms with E-state index in [9.17, 15) is 9.35 Å². The van der Waals surface area contributed by atoms with E-state index in [1.165, 1.54) is 0 Å². The van der Waals surface area contributed by atoms with Crippen LogP contribution in [0.25, 0.3) is 0 Å². The molecule has 14 heavy (non-hydrogen) atoms. The fraction of sp³-hybridized carbons (Fsp3) is 0.667. The average Bonchev–Trinajstić information content (AvgIpc) is 2.97. The topological polar surface area (TPSA) is 78.2 Å². The second-order valence-corrected chi connectivity index (χ2v) is 5.48. The Morgan fingerprint density at radius 1 is 1.71 bits per heavy atom. The van der Waals surface area contributed by atoms with E-state index in [0.29, 0.717) is 6.42 Å². The van der Waals surface area contributed by atoms with Crippen molar-refractivity contribution in [2.24, 2.45) is 11.7 Å². The van der Waals surface area contributed by atoms with Crippen molar-refractivity contribution < 1.29 is 9.35 Å². The maximum Gasteiger partial charge on any atom is 0.281 e. The zero-order valence-electron chi connectivity index (χ0n) is 7.86. The van der Waals surface area contributed by atoms with Crippen LogP contribution < -0.4 is 10.5 Å². The largest absolute Gasteiger partial charge is 0.593 e. The van der Waals surface area contributed by atoms with E-state index in [0.717, 1.165) is 12.8 Å². The molecule has 4 nitrogen and oxygen atoms in total.